The number of nitrogens with zero attached hydrogens (tertiary/aromatic N) is 3. The minimum Gasteiger partial charge on any atom is -0.369 e. The predicted molar refractivity (Wildman–Crippen MR) is 98.4 cm³/mol. The van der Waals surface area contributed by atoms with Crippen molar-refractivity contribution in [3.8, 4) is 0 Å². The van der Waals surface area contributed by atoms with Crippen LogP contribution < -0.4 is 4.90 Å². The van der Waals surface area contributed by atoms with Gasteiger partial charge in [0.15, 0.2) is 0 Å². The summed E-state index contributed by atoms with van der Waals surface area (Å²) in [6, 6.07) is 11.5. The van der Waals surface area contributed by atoms with E-state index in [0.29, 0.717) is 12.0 Å². The lowest BCUT2D eigenvalue weighted by Crippen LogP contribution is -2.52. The number of nitrogens with one attached hydrogen (secondary N) is 1. The standard InChI is InChI=1S/C20H28N4/c1-3-7-17(8-4-1)23-13-15-24(16-14-23)19-10-6-2-5-9-18(19)20-21-11-12-22-20/h1,3-4,7-8,11-12,18-19H,2,5-6,9-10,13-16H2,(H,21,22). The first-order valence-corrected chi connectivity index (χ1v) is 9.45. The van der Waals surface area contributed by atoms with Gasteiger partial charge in [-0.1, -0.05) is 37.5 Å². The molecule has 2 unspecified atom stereocenters. The number of hydrogen-bond acceptors (Lipinski definition) is 3. The van der Waals surface area contributed by atoms with Crippen LogP contribution in [-0.2, 0) is 0 Å². The third-order valence-corrected chi connectivity index (χ3v) is 5.75. The lowest BCUT2D eigenvalue weighted by atomic mass is 9.92. The number of benzene rings is 1. The van der Waals surface area contributed by atoms with Crippen molar-refractivity contribution in [2.75, 3.05) is 31.1 Å². The Morgan fingerprint density at radius 2 is 1.71 bits per heavy atom. The molecule has 2 fully saturated rings. The van der Waals surface area contributed by atoms with E-state index in [1.54, 1.807) is 0 Å². The smallest absolute Gasteiger partial charge is 0.110 e. The Hall–Kier alpha value is -1.81. The summed E-state index contributed by atoms with van der Waals surface area (Å²) < 4.78 is 0. The van der Waals surface area contributed by atoms with E-state index in [1.807, 2.05) is 12.4 Å². The molecule has 2 aromatic rings. The molecule has 0 spiro atoms. The van der Waals surface area contributed by atoms with Crippen molar-refractivity contribution in [1.29, 1.82) is 0 Å². The molecular formula is C20H28N4. The maximum Gasteiger partial charge on any atom is 0.110 e. The average Bonchev–Trinajstić information content (AvgIpc) is 3.07. The molecule has 24 heavy (non-hydrogen) atoms. The molecule has 4 heteroatoms. The minimum absolute atomic E-state index is 0.575. The van der Waals surface area contributed by atoms with Crippen molar-refractivity contribution < 1.29 is 0 Å². The van der Waals surface area contributed by atoms with Crippen LogP contribution in [0.25, 0.3) is 0 Å². The monoisotopic (exact) mass is 324 g/mol. The molecule has 1 aromatic carbocycles. The van der Waals surface area contributed by atoms with Gasteiger partial charge in [0.2, 0.25) is 0 Å². The number of para-hydroxylation sites is 1. The van der Waals surface area contributed by atoms with Crippen LogP contribution in [-0.4, -0.2) is 47.1 Å². The van der Waals surface area contributed by atoms with Gasteiger partial charge in [0.1, 0.15) is 5.82 Å². The molecule has 4 rings (SSSR count). The Morgan fingerprint density at radius 1 is 0.917 bits per heavy atom. The summed E-state index contributed by atoms with van der Waals surface area (Å²) in [4.78, 5) is 13.2. The van der Waals surface area contributed by atoms with Crippen LogP contribution in [0.15, 0.2) is 42.7 Å². The number of aromatic nitrogens is 2. The summed E-state index contributed by atoms with van der Waals surface area (Å²) in [7, 11) is 0. The van der Waals surface area contributed by atoms with Gasteiger partial charge in [0, 0.05) is 56.2 Å². The average molecular weight is 324 g/mol. The van der Waals surface area contributed by atoms with Gasteiger partial charge in [-0.2, -0.15) is 0 Å². The highest BCUT2D eigenvalue weighted by Crippen LogP contribution is 2.34. The Bertz CT molecular complexity index is 602. The zero-order valence-corrected chi connectivity index (χ0v) is 14.4. The highest BCUT2D eigenvalue weighted by atomic mass is 15.3. The van der Waals surface area contributed by atoms with E-state index in [9.17, 15) is 0 Å². The number of piperazine rings is 1. The van der Waals surface area contributed by atoms with Crippen LogP contribution in [0.1, 0.15) is 43.8 Å². The summed E-state index contributed by atoms with van der Waals surface area (Å²) in [5.74, 6) is 1.78. The van der Waals surface area contributed by atoms with Crippen molar-refractivity contribution in [2.24, 2.45) is 0 Å². The van der Waals surface area contributed by atoms with Gasteiger partial charge in [-0.3, -0.25) is 4.90 Å². The number of hydrogen-bond donors (Lipinski definition) is 1. The highest BCUT2D eigenvalue weighted by Gasteiger charge is 2.33. The molecule has 2 atom stereocenters. The van der Waals surface area contributed by atoms with Gasteiger partial charge in [-0.05, 0) is 25.0 Å². The Labute approximate surface area is 144 Å². The number of aromatic amines is 1. The zero-order chi connectivity index (χ0) is 16.2. The fraction of sp³-hybridized carbons (Fsp3) is 0.550. The number of anilines is 1. The van der Waals surface area contributed by atoms with Crippen LogP contribution in [0, 0.1) is 0 Å². The predicted octanol–water partition coefficient (Wildman–Crippen LogP) is 3.65. The van der Waals surface area contributed by atoms with Gasteiger partial charge in [-0.15, -0.1) is 0 Å². The Balaban J connectivity index is 1.45. The first-order chi connectivity index (χ1) is 11.9. The molecule has 1 N–H and O–H groups in total. The van der Waals surface area contributed by atoms with Crippen molar-refractivity contribution in [3.05, 3.63) is 48.5 Å². The van der Waals surface area contributed by atoms with Crippen molar-refractivity contribution in [3.63, 3.8) is 0 Å². The third kappa shape index (κ3) is 3.34. The van der Waals surface area contributed by atoms with Crippen molar-refractivity contribution in [2.45, 2.75) is 44.1 Å². The SMILES string of the molecule is c1ccc(N2CCN(C3CCCCCC3c3ncc[nH]3)CC2)cc1. The van der Waals surface area contributed by atoms with Crippen LogP contribution >= 0.6 is 0 Å². The van der Waals surface area contributed by atoms with Gasteiger partial charge in [-0.25, -0.2) is 4.98 Å². The maximum absolute atomic E-state index is 4.60. The summed E-state index contributed by atoms with van der Waals surface area (Å²) in [6.45, 7) is 4.59. The second kappa shape index (κ2) is 7.39. The van der Waals surface area contributed by atoms with E-state index in [1.165, 1.54) is 43.6 Å². The van der Waals surface area contributed by atoms with Crippen LogP contribution in [0.2, 0.25) is 0 Å². The quantitative estimate of drug-likeness (QED) is 0.875. The highest BCUT2D eigenvalue weighted by molar-refractivity contribution is 5.46. The van der Waals surface area contributed by atoms with Gasteiger partial charge in [0.25, 0.3) is 0 Å². The second-order valence-corrected chi connectivity index (χ2v) is 7.14. The summed E-state index contributed by atoms with van der Waals surface area (Å²) >= 11 is 0. The minimum atomic E-state index is 0.575. The topological polar surface area (TPSA) is 35.2 Å². The van der Waals surface area contributed by atoms with Crippen molar-refractivity contribution >= 4 is 5.69 Å². The van der Waals surface area contributed by atoms with Crippen LogP contribution in [0.3, 0.4) is 0 Å². The first-order valence-electron chi connectivity index (χ1n) is 9.45. The molecule has 2 aliphatic rings. The zero-order valence-electron chi connectivity index (χ0n) is 14.4. The first kappa shape index (κ1) is 15.7. The van der Waals surface area contributed by atoms with Gasteiger partial charge >= 0.3 is 0 Å². The second-order valence-electron chi connectivity index (χ2n) is 7.14. The van der Waals surface area contributed by atoms with E-state index in [0.717, 1.165) is 26.2 Å². The Morgan fingerprint density at radius 3 is 2.46 bits per heavy atom. The lowest BCUT2D eigenvalue weighted by Gasteiger charge is -2.42. The van der Waals surface area contributed by atoms with Gasteiger partial charge < -0.3 is 9.88 Å². The van der Waals surface area contributed by atoms with E-state index in [2.05, 4.69) is 50.1 Å². The molecule has 128 valence electrons. The molecule has 0 bridgehead atoms. The van der Waals surface area contributed by atoms with E-state index < -0.39 is 0 Å². The fourth-order valence-corrected chi connectivity index (χ4v) is 4.47. The van der Waals surface area contributed by atoms with Crippen LogP contribution in [0.5, 0.6) is 0 Å². The molecule has 1 aromatic heterocycles. The molecule has 1 saturated heterocycles. The lowest BCUT2D eigenvalue weighted by molar-refractivity contribution is 0.150. The molecule has 0 radical (unpaired) electrons. The number of H-pyrrole nitrogens is 1. The summed E-state index contributed by atoms with van der Waals surface area (Å²) in [5, 5.41) is 0. The summed E-state index contributed by atoms with van der Waals surface area (Å²) in [6.07, 6.45) is 10.5. The number of imidazole rings is 1. The Kier molecular flexibility index (Phi) is 4.83. The molecule has 4 nitrogen and oxygen atoms in total. The van der Waals surface area contributed by atoms with E-state index >= 15 is 0 Å². The van der Waals surface area contributed by atoms with Crippen LogP contribution in [0.4, 0.5) is 5.69 Å². The van der Waals surface area contributed by atoms with E-state index in [4.69, 9.17) is 0 Å². The van der Waals surface area contributed by atoms with Crippen molar-refractivity contribution in [1.82, 2.24) is 14.9 Å². The molecule has 0 amide bonds. The molecule has 2 heterocycles. The third-order valence-electron chi connectivity index (χ3n) is 5.75. The normalized spacial score (nSPS) is 26.2. The maximum atomic E-state index is 4.60. The number of rotatable bonds is 3. The van der Waals surface area contributed by atoms with E-state index in [-0.39, 0.29) is 0 Å². The molecule has 1 saturated carbocycles. The fourth-order valence-electron chi connectivity index (χ4n) is 4.47. The molecule has 1 aliphatic carbocycles. The van der Waals surface area contributed by atoms with Gasteiger partial charge in [0.05, 0.1) is 0 Å². The molecule has 1 aliphatic heterocycles. The molecular weight excluding hydrogens is 296 g/mol. The summed E-state index contributed by atoms with van der Waals surface area (Å²) in [5.41, 5.74) is 1.36. The largest absolute Gasteiger partial charge is 0.369 e.